The second-order valence-corrected chi connectivity index (χ2v) is 4.44. The molecule has 15 heavy (non-hydrogen) atoms. The maximum atomic E-state index is 12.1. The molecule has 0 saturated heterocycles. The van der Waals surface area contributed by atoms with Gasteiger partial charge in [0.15, 0.2) is 0 Å². The monoisotopic (exact) mass is 316 g/mol. The lowest BCUT2D eigenvalue weighted by Crippen LogP contribution is -1.98. The molecule has 0 atom stereocenters. The number of rotatable bonds is 3. The summed E-state index contributed by atoms with van der Waals surface area (Å²) in [5.74, 6) is 0. The van der Waals surface area contributed by atoms with Crippen LogP contribution in [0.25, 0.3) is 11.1 Å². The molecule has 0 spiro atoms. The van der Waals surface area contributed by atoms with E-state index in [0.717, 1.165) is 11.1 Å². The lowest BCUT2D eigenvalue weighted by molar-refractivity contribution is 0.427. The van der Waals surface area contributed by atoms with E-state index >= 15 is 0 Å². The highest BCUT2D eigenvalue weighted by Gasteiger charge is 2.01. The third-order valence-electron chi connectivity index (χ3n) is 2.10. The summed E-state index contributed by atoms with van der Waals surface area (Å²) in [6, 6.07) is 8.15. The van der Waals surface area contributed by atoms with Crippen LogP contribution >= 0.6 is 22.6 Å². The van der Waals surface area contributed by atoms with Gasteiger partial charge in [0.2, 0.25) is 0 Å². The van der Waals surface area contributed by atoms with Gasteiger partial charge in [0, 0.05) is 15.3 Å². The Balaban J connectivity index is 2.29. The second-order valence-electron chi connectivity index (χ2n) is 3.19. The third-order valence-corrected chi connectivity index (χ3v) is 2.78. The van der Waals surface area contributed by atoms with Crippen molar-refractivity contribution in [3.8, 4) is 11.1 Å². The SMILES string of the molecule is FCCn1cc(-c2cccc(I)c2)cn1. The molecular weight excluding hydrogens is 306 g/mol. The fraction of sp³-hybridized carbons (Fsp3) is 0.182. The lowest BCUT2D eigenvalue weighted by Gasteiger charge is -1.97. The van der Waals surface area contributed by atoms with Gasteiger partial charge >= 0.3 is 0 Å². The van der Waals surface area contributed by atoms with Crippen molar-refractivity contribution in [1.29, 1.82) is 0 Å². The van der Waals surface area contributed by atoms with E-state index in [4.69, 9.17) is 0 Å². The minimum Gasteiger partial charge on any atom is -0.269 e. The minimum absolute atomic E-state index is 0.323. The van der Waals surface area contributed by atoms with Gasteiger partial charge in [-0.15, -0.1) is 0 Å². The molecule has 0 saturated carbocycles. The number of hydrogen-bond donors (Lipinski definition) is 0. The summed E-state index contributed by atoms with van der Waals surface area (Å²) < 4.78 is 14.9. The summed E-state index contributed by atoms with van der Waals surface area (Å²) in [6.07, 6.45) is 3.63. The summed E-state index contributed by atoms with van der Waals surface area (Å²) in [5.41, 5.74) is 2.15. The highest BCUT2D eigenvalue weighted by Crippen LogP contribution is 2.20. The Labute approximate surface area is 101 Å². The van der Waals surface area contributed by atoms with E-state index in [2.05, 4.69) is 33.8 Å². The number of halogens is 2. The highest BCUT2D eigenvalue weighted by molar-refractivity contribution is 14.1. The third kappa shape index (κ3) is 2.56. The second kappa shape index (κ2) is 4.74. The van der Waals surface area contributed by atoms with Crippen molar-refractivity contribution in [2.75, 3.05) is 6.67 Å². The number of aryl methyl sites for hydroxylation is 1. The van der Waals surface area contributed by atoms with Crippen LogP contribution in [0.15, 0.2) is 36.7 Å². The van der Waals surface area contributed by atoms with Crippen LogP contribution in [0.5, 0.6) is 0 Å². The van der Waals surface area contributed by atoms with Crippen LogP contribution in [0.1, 0.15) is 0 Å². The average molecular weight is 316 g/mol. The van der Waals surface area contributed by atoms with Crippen molar-refractivity contribution in [1.82, 2.24) is 9.78 Å². The van der Waals surface area contributed by atoms with Gasteiger partial charge in [-0.3, -0.25) is 4.68 Å². The van der Waals surface area contributed by atoms with Crippen LogP contribution in [0.3, 0.4) is 0 Å². The summed E-state index contributed by atoms with van der Waals surface area (Å²) in [7, 11) is 0. The first-order valence-electron chi connectivity index (χ1n) is 4.64. The van der Waals surface area contributed by atoms with Crippen LogP contribution in [-0.2, 0) is 6.54 Å². The zero-order valence-corrected chi connectivity index (χ0v) is 10.2. The lowest BCUT2D eigenvalue weighted by atomic mass is 10.1. The van der Waals surface area contributed by atoms with Crippen LogP contribution in [-0.4, -0.2) is 16.5 Å². The smallest absolute Gasteiger partial charge is 0.109 e. The van der Waals surface area contributed by atoms with E-state index in [1.165, 1.54) is 3.57 Å². The zero-order valence-electron chi connectivity index (χ0n) is 8.03. The molecule has 2 nitrogen and oxygen atoms in total. The number of alkyl halides is 1. The molecule has 2 aromatic rings. The topological polar surface area (TPSA) is 17.8 Å². The average Bonchev–Trinajstić information content (AvgIpc) is 2.67. The van der Waals surface area contributed by atoms with Gasteiger partial charge in [-0.1, -0.05) is 12.1 Å². The van der Waals surface area contributed by atoms with E-state index in [0.29, 0.717) is 6.54 Å². The Hall–Kier alpha value is -0.910. The summed E-state index contributed by atoms with van der Waals surface area (Å²) in [4.78, 5) is 0. The Morgan fingerprint density at radius 3 is 2.93 bits per heavy atom. The number of nitrogens with zero attached hydrogens (tertiary/aromatic N) is 2. The van der Waals surface area contributed by atoms with Gasteiger partial charge in [0.25, 0.3) is 0 Å². The molecule has 1 aromatic carbocycles. The fourth-order valence-corrected chi connectivity index (χ4v) is 1.93. The van der Waals surface area contributed by atoms with Gasteiger partial charge in [-0.25, -0.2) is 4.39 Å². The van der Waals surface area contributed by atoms with Gasteiger partial charge in [0.1, 0.15) is 6.67 Å². The van der Waals surface area contributed by atoms with E-state index in [1.54, 1.807) is 10.9 Å². The molecule has 1 aromatic heterocycles. The van der Waals surface area contributed by atoms with Gasteiger partial charge in [-0.2, -0.15) is 5.10 Å². The Morgan fingerprint density at radius 2 is 2.20 bits per heavy atom. The van der Waals surface area contributed by atoms with E-state index in [1.807, 2.05) is 24.4 Å². The minimum atomic E-state index is -0.382. The maximum Gasteiger partial charge on any atom is 0.109 e. The molecule has 0 fully saturated rings. The largest absolute Gasteiger partial charge is 0.269 e. The first-order chi connectivity index (χ1) is 7.29. The number of benzene rings is 1. The van der Waals surface area contributed by atoms with E-state index < -0.39 is 0 Å². The highest BCUT2D eigenvalue weighted by atomic mass is 127. The van der Waals surface area contributed by atoms with Crippen LogP contribution in [0.2, 0.25) is 0 Å². The Bertz CT molecular complexity index is 453. The normalized spacial score (nSPS) is 10.5. The van der Waals surface area contributed by atoms with Crippen molar-refractivity contribution in [2.24, 2.45) is 0 Å². The van der Waals surface area contributed by atoms with Gasteiger partial charge < -0.3 is 0 Å². The first-order valence-corrected chi connectivity index (χ1v) is 5.72. The van der Waals surface area contributed by atoms with Gasteiger partial charge in [0.05, 0.1) is 12.7 Å². The molecule has 0 aliphatic heterocycles. The van der Waals surface area contributed by atoms with Crippen LogP contribution in [0, 0.1) is 3.57 Å². The molecule has 0 bridgehead atoms. The molecule has 1 heterocycles. The quantitative estimate of drug-likeness (QED) is 0.796. The molecule has 0 N–H and O–H groups in total. The van der Waals surface area contributed by atoms with Gasteiger partial charge in [-0.05, 0) is 40.3 Å². The van der Waals surface area contributed by atoms with Crippen molar-refractivity contribution >= 4 is 22.6 Å². The summed E-state index contributed by atoms with van der Waals surface area (Å²) in [6.45, 7) is -0.0582. The molecule has 78 valence electrons. The maximum absolute atomic E-state index is 12.1. The summed E-state index contributed by atoms with van der Waals surface area (Å²) in [5, 5.41) is 4.09. The van der Waals surface area contributed by atoms with Crippen LogP contribution < -0.4 is 0 Å². The predicted molar refractivity (Wildman–Crippen MR) is 66.4 cm³/mol. The molecule has 0 radical (unpaired) electrons. The molecular formula is C11H10FIN2. The number of hydrogen-bond acceptors (Lipinski definition) is 1. The molecule has 0 unspecified atom stereocenters. The van der Waals surface area contributed by atoms with E-state index in [-0.39, 0.29) is 6.67 Å². The Morgan fingerprint density at radius 1 is 1.33 bits per heavy atom. The molecule has 2 rings (SSSR count). The Kier molecular flexibility index (Phi) is 3.35. The zero-order chi connectivity index (χ0) is 10.7. The first kappa shape index (κ1) is 10.6. The predicted octanol–water partition coefficient (Wildman–Crippen LogP) is 3.12. The number of aromatic nitrogens is 2. The molecule has 4 heteroatoms. The summed E-state index contributed by atoms with van der Waals surface area (Å²) >= 11 is 2.27. The van der Waals surface area contributed by atoms with Crippen molar-refractivity contribution in [3.63, 3.8) is 0 Å². The van der Waals surface area contributed by atoms with E-state index in [9.17, 15) is 4.39 Å². The molecule has 0 amide bonds. The standard InChI is InChI=1S/C11H10FIN2/c12-4-5-15-8-10(7-14-15)9-2-1-3-11(13)6-9/h1-3,6-8H,4-5H2. The van der Waals surface area contributed by atoms with Crippen LogP contribution in [0.4, 0.5) is 4.39 Å². The van der Waals surface area contributed by atoms with Crippen molar-refractivity contribution in [2.45, 2.75) is 6.54 Å². The molecule has 0 aliphatic rings. The van der Waals surface area contributed by atoms with Crippen molar-refractivity contribution in [3.05, 3.63) is 40.2 Å². The molecule has 0 aliphatic carbocycles. The fourth-order valence-electron chi connectivity index (χ4n) is 1.39. The van der Waals surface area contributed by atoms with Crippen molar-refractivity contribution < 1.29 is 4.39 Å².